The zero-order valence-electron chi connectivity index (χ0n) is 10.3. The van der Waals surface area contributed by atoms with Gasteiger partial charge in [-0.05, 0) is 31.4 Å². The summed E-state index contributed by atoms with van der Waals surface area (Å²) in [4.78, 5) is 0. The van der Waals surface area contributed by atoms with Crippen LogP contribution < -0.4 is 10.5 Å². The van der Waals surface area contributed by atoms with Gasteiger partial charge in [0.2, 0.25) is 0 Å². The first-order valence-corrected chi connectivity index (χ1v) is 5.52. The molecule has 16 heavy (non-hydrogen) atoms. The summed E-state index contributed by atoms with van der Waals surface area (Å²) >= 11 is 0. The molecule has 0 aliphatic rings. The van der Waals surface area contributed by atoms with E-state index in [1.54, 1.807) is 14.2 Å². The number of nitrogens with two attached hydrogens (primary N) is 1. The van der Waals surface area contributed by atoms with Crippen LogP contribution in [0.1, 0.15) is 18.9 Å². The average molecular weight is 223 g/mol. The standard InChI is InChI=1S/C13H21NO2/c1-13(10-14,16-3)9-8-11-6-4-5-7-12(11)15-2/h4-7H,8-10,14H2,1-3H3. The van der Waals surface area contributed by atoms with Gasteiger partial charge < -0.3 is 15.2 Å². The maximum Gasteiger partial charge on any atom is 0.122 e. The van der Waals surface area contributed by atoms with Gasteiger partial charge in [0, 0.05) is 13.7 Å². The summed E-state index contributed by atoms with van der Waals surface area (Å²) in [5, 5.41) is 0. The van der Waals surface area contributed by atoms with E-state index in [-0.39, 0.29) is 5.60 Å². The van der Waals surface area contributed by atoms with Crippen molar-refractivity contribution < 1.29 is 9.47 Å². The SMILES string of the molecule is COc1ccccc1CCC(C)(CN)OC. The van der Waals surface area contributed by atoms with E-state index >= 15 is 0 Å². The molecule has 0 fully saturated rings. The lowest BCUT2D eigenvalue weighted by Gasteiger charge is -2.26. The van der Waals surface area contributed by atoms with Crippen molar-refractivity contribution in [2.24, 2.45) is 5.73 Å². The topological polar surface area (TPSA) is 44.5 Å². The van der Waals surface area contributed by atoms with E-state index in [2.05, 4.69) is 6.07 Å². The molecule has 0 bridgehead atoms. The normalized spacial score (nSPS) is 14.5. The molecule has 0 saturated carbocycles. The molecule has 0 amide bonds. The second-order valence-corrected chi connectivity index (χ2v) is 4.17. The highest BCUT2D eigenvalue weighted by molar-refractivity contribution is 5.33. The van der Waals surface area contributed by atoms with Crippen LogP contribution >= 0.6 is 0 Å². The Morgan fingerprint density at radius 1 is 1.25 bits per heavy atom. The number of hydrogen-bond donors (Lipinski definition) is 1. The quantitative estimate of drug-likeness (QED) is 0.802. The third-order valence-electron chi connectivity index (χ3n) is 3.04. The molecule has 0 aliphatic heterocycles. The average Bonchev–Trinajstić information content (AvgIpc) is 2.36. The molecule has 0 heterocycles. The van der Waals surface area contributed by atoms with Crippen molar-refractivity contribution in [3.05, 3.63) is 29.8 Å². The molecule has 3 heteroatoms. The Morgan fingerprint density at radius 3 is 2.50 bits per heavy atom. The van der Waals surface area contributed by atoms with Crippen LogP contribution in [0.4, 0.5) is 0 Å². The van der Waals surface area contributed by atoms with E-state index in [0.29, 0.717) is 6.54 Å². The van der Waals surface area contributed by atoms with Crippen molar-refractivity contribution >= 4 is 0 Å². The second-order valence-electron chi connectivity index (χ2n) is 4.17. The highest BCUT2D eigenvalue weighted by Gasteiger charge is 2.21. The van der Waals surface area contributed by atoms with E-state index < -0.39 is 0 Å². The molecule has 0 saturated heterocycles. The third kappa shape index (κ3) is 3.22. The summed E-state index contributed by atoms with van der Waals surface area (Å²) in [7, 11) is 3.40. The second kappa shape index (κ2) is 5.87. The van der Waals surface area contributed by atoms with Crippen LogP contribution in [0.5, 0.6) is 5.75 Å². The zero-order chi connectivity index (χ0) is 12.0. The minimum atomic E-state index is -0.249. The van der Waals surface area contributed by atoms with Gasteiger partial charge in [0.25, 0.3) is 0 Å². The van der Waals surface area contributed by atoms with Crippen molar-refractivity contribution in [3.8, 4) is 5.75 Å². The van der Waals surface area contributed by atoms with Crippen molar-refractivity contribution in [3.63, 3.8) is 0 Å². The molecule has 3 nitrogen and oxygen atoms in total. The van der Waals surface area contributed by atoms with Crippen LogP contribution in [0.25, 0.3) is 0 Å². The summed E-state index contributed by atoms with van der Waals surface area (Å²) in [5.74, 6) is 0.929. The van der Waals surface area contributed by atoms with E-state index in [4.69, 9.17) is 15.2 Å². The summed E-state index contributed by atoms with van der Waals surface area (Å²) < 4.78 is 10.7. The van der Waals surface area contributed by atoms with Crippen molar-refractivity contribution in [1.82, 2.24) is 0 Å². The van der Waals surface area contributed by atoms with E-state index in [9.17, 15) is 0 Å². The number of ether oxygens (including phenoxy) is 2. The summed E-state index contributed by atoms with van der Waals surface area (Å²) in [6.07, 6.45) is 1.80. The van der Waals surface area contributed by atoms with Crippen LogP contribution in [0.2, 0.25) is 0 Å². The lowest BCUT2D eigenvalue weighted by molar-refractivity contribution is 0.00696. The Labute approximate surface area is 97.6 Å². The molecule has 0 spiro atoms. The highest BCUT2D eigenvalue weighted by Crippen LogP contribution is 2.23. The molecule has 1 rings (SSSR count). The summed E-state index contributed by atoms with van der Waals surface area (Å²) in [6, 6.07) is 8.04. The minimum absolute atomic E-state index is 0.249. The number of aryl methyl sites for hydroxylation is 1. The monoisotopic (exact) mass is 223 g/mol. The van der Waals surface area contributed by atoms with Gasteiger partial charge in [-0.2, -0.15) is 0 Å². The Kier molecular flexibility index (Phi) is 4.77. The van der Waals surface area contributed by atoms with Crippen LogP contribution in [0.3, 0.4) is 0 Å². The maximum atomic E-state index is 5.70. The van der Waals surface area contributed by atoms with E-state index in [0.717, 1.165) is 18.6 Å². The van der Waals surface area contributed by atoms with Crippen molar-refractivity contribution in [1.29, 1.82) is 0 Å². The molecular formula is C13H21NO2. The van der Waals surface area contributed by atoms with Crippen molar-refractivity contribution in [2.75, 3.05) is 20.8 Å². The first-order valence-electron chi connectivity index (χ1n) is 5.52. The fourth-order valence-corrected chi connectivity index (χ4v) is 1.60. The van der Waals surface area contributed by atoms with Crippen LogP contribution in [0, 0.1) is 0 Å². The molecule has 0 radical (unpaired) electrons. The number of methoxy groups -OCH3 is 2. The van der Waals surface area contributed by atoms with Crippen molar-refractivity contribution in [2.45, 2.75) is 25.4 Å². The molecule has 1 aromatic carbocycles. The largest absolute Gasteiger partial charge is 0.496 e. The summed E-state index contributed by atoms with van der Waals surface area (Å²) in [5.41, 5.74) is 6.64. The van der Waals surface area contributed by atoms with Crippen LogP contribution in [-0.2, 0) is 11.2 Å². The highest BCUT2D eigenvalue weighted by atomic mass is 16.5. The predicted molar refractivity (Wildman–Crippen MR) is 65.8 cm³/mol. The molecule has 0 aromatic heterocycles. The summed E-state index contributed by atoms with van der Waals surface area (Å²) in [6.45, 7) is 2.56. The fourth-order valence-electron chi connectivity index (χ4n) is 1.60. The molecule has 90 valence electrons. The predicted octanol–water partition coefficient (Wildman–Crippen LogP) is 1.99. The van der Waals surface area contributed by atoms with Gasteiger partial charge >= 0.3 is 0 Å². The molecule has 1 unspecified atom stereocenters. The van der Waals surface area contributed by atoms with Gasteiger partial charge in [-0.25, -0.2) is 0 Å². The zero-order valence-corrected chi connectivity index (χ0v) is 10.3. The first kappa shape index (κ1) is 13.0. The number of benzene rings is 1. The van der Waals surface area contributed by atoms with E-state index in [1.165, 1.54) is 5.56 Å². The van der Waals surface area contributed by atoms with Gasteiger partial charge in [-0.3, -0.25) is 0 Å². The first-order chi connectivity index (χ1) is 7.65. The number of hydrogen-bond acceptors (Lipinski definition) is 3. The van der Waals surface area contributed by atoms with Gasteiger partial charge in [-0.1, -0.05) is 18.2 Å². The Bertz CT molecular complexity index is 321. The van der Waals surface area contributed by atoms with Gasteiger partial charge in [0.05, 0.1) is 12.7 Å². The smallest absolute Gasteiger partial charge is 0.122 e. The Hall–Kier alpha value is -1.06. The molecular weight excluding hydrogens is 202 g/mol. The molecule has 1 atom stereocenters. The molecule has 0 aliphatic carbocycles. The van der Waals surface area contributed by atoms with E-state index in [1.807, 2.05) is 25.1 Å². The maximum absolute atomic E-state index is 5.70. The third-order valence-corrected chi connectivity index (χ3v) is 3.04. The fraction of sp³-hybridized carbons (Fsp3) is 0.538. The Morgan fingerprint density at radius 2 is 1.94 bits per heavy atom. The van der Waals surface area contributed by atoms with Gasteiger partial charge in [-0.15, -0.1) is 0 Å². The van der Waals surface area contributed by atoms with Gasteiger partial charge in [0.15, 0.2) is 0 Å². The number of rotatable bonds is 6. The lowest BCUT2D eigenvalue weighted by atomic mass is 9.96. The number of para-hydroxylation sites is 1. The van der Waals surface area contributed by atoms with Gasteiger partial charge in [0.1, 0.15) is 5.75 Å². The van der Waals surface area contributed by atoms with Crippen LogP contribution in [-0.4, -0.2) is 26.4 Å². The minimum Gasteiger partial charge on any atom is -0.496 e. The molecule has 1 aromatic rings. The van der Waals surface area contributed by atoms with Crippen LogP contribution in [0.15, 0.2) is 24.3 Å². The Balaban J connectivity index is 2.67. The molecule has 2 N–H and O–H groups in total. The lowest BCUT2D eigenvalue weighted by Crippen LogP contribution is -2.36.